The normalized spacial score (nSPS) is 16.6. The van der Waals surface area contributed by atoms with Crippen molar-refractivity contribution < 1.29 is 0 Å². The van der Waals surface area contributed by atoms with Gasteiger partial charge in [-0.05, 0) is 44.7 Å². The summed E-state index contributed by atoms with van der Waals surface area (Å²) in [6.45, 7) is 11.8. The van der Waals surface area contributed by atoms with Crippen LogP contribution in [0.25, 0.3) is 11.2 Å². The van der Waals surface area contributed by atoms with E-state index in [-0.39, 0.29) is 5.92 Å². The van der Waals surface area contributed by atoms with E-state index < -0.39 is 11.2 Å². The molecule has 0 saturated heterocycles. The van der Waals surface area contributed by atoms with Crippen molar-refractivity contribution in [1.29, 1.82) is 5.26 Å². The molecule has 0 radical (unpaired) electrons. The average Bonchev–Trinajstić information content (AvgIpc) is 3.24. The van der Waals surface area contributed by atoms with Gasteiger partial charge in [-0.25, -0.2) is 4.79 Å². The van der Waals surface area contributed by atoms with Crippen molar-refractivity contribution in [3.63, 3.8) is 0 Å². The average molecular weight is 456 g/mol. The molecule has 0 spiro atoms. The summed E-state index contributed by atoms with van der Waals surface area (Å²) in [5, 5.41) is 9.72. The zero-order valence-electron chi connectivity index (χ0n) is 20.7. The van der Waals surface area contributed by atoms with E-state index in [2.05, 4.69) is 20.9 Å². The summed E-state index contributed by atoms with van der Waals surface area (Å²) in [6, 6.07) is 2.35. The lowest BCUT2D eigenvalue weighted by molar-refractivity contribution is 0.507. The van der Waals surface area contributed by atoms with Gasteiger partial charge in [-0.3, -0.25) is 14.3 Å². The van der Waals surface area contributed by atoms with Crippen LogP contribution in [0.2, 0.25) is 0 Å². The molecule has 3 N–H and O–H groups in total. The molecule has 2 aromatic heterocycles. The molecule has 1 aliphatic heterocycles. The molecular weight excluding hydrogens is 418 g/mol. The van der Waals surface area contributed by atoms with E-state index in [1.807, 2.05) is 45.3 Å². The van der Waals surface area contributed by atoms with Crippen LogP contribution in [0.15, 0.2) is 32.5 Å². The van der Waals surface area contributed by atoms with Crippen LogP contribution in [0.3, 0.4) is 0 Å². The number of nitriles is 1. The number of aromatic amines is 1. The Kier molecular flexibility index (Phi) is 9.23. The Morgan fingerprint density at radius 2 is 1.94 bits per heavy atom. The largest absolute Gasteiger partial charge is 0.330 e. The Balaban J connectivity index is 0.000000914. The van der Waals surface area contributed by atoms with Crippen LogP contribution < -0.4 is 21.9 Å². The van der Waals surface area contributed by atoms with Crippen LogP contribution in [0.1, 0.15) is 60.3 Å². The van der Waals surface area contributed by atoms with E-state index in [1.165, 1.54) is 10.1 Å². The van der Waals surface area contributed by atoms with E-state index in [0.29, 0.717) is 36.7 Å². The highest BCUT2D eigenvalue weighted by Crippen LogP contribution is 2.42. The fourth-order valence-corrected chi connectivity index (χ4v) is 4.48. The molecule has 9 heteroatoms. The number of unbranched alkanes of at least 4 members (excludes halogenated alkanes) is 1. The Morgan fingerprint density at radius 1 is 1.24 bits per heavy atom. The van der Waals surface area contributed by atoms with Gasteiger partial charge in [0.15, 0.2) is 11.2 Å². The molecule has 0 fully saturated rings. The summed E-state index contributed by atoms with van der Waals surface area (Å²) in [7, 11) is 1.60. The summed E-state index contributed by atoms with van der Waals surface area (Å²) in [5.74, 6) is 0.527. The van der Waals surface area contributed by atoms with Gasteiger partial charge in [0.1, 0.15) is 0 Å². The predicted octanol–water partition coefficient (Wildman–Crippen LogP) is 3.17. The molecule has 0 amide bonds. The highest BCUT2D eigenvalue weighted by molar-refractivity contribution is 5.76. The van der Waals surface area contributed by atoms with Crippen molar-refractivity contribution in [1.82, 2.24) is 19.1 Å². The fourth-order valence-electron chi connectivity index (χ4n) is 4.48. The molecule has 180 valence electrons. The molecule has 4 rings (SSSR count). The van der Waals surface area contributed by atoms with Gasteiger partial charge in [-0.2, -0.15) is 10.2 Å². The second-order valence-electron chi connectivity index (χ2n) is 7.52. The number of nitrogens with two attached hydrogens (primary N) is 1. The second kappa shape index (κ2) is 11.7. The number of anilines is 1. The summed E-state index contributed by atoms with van der Waals surface area (Å²) >= 11 is 0. The molecule has 1 aliphatic carbocycles. The first kappa shape index (κ1) is 26.1. The van der Waals surface area contributed by atoms with Gasteiger partial charge in [-0.15, -0.1) is 0 Å². The molecule has 2 aliphatic rings. The van der Waals surface area contributed by atoms with Crippen molar-refractivity contribution in [2.45, 2.75) is 66.8 Å². The number of aryl methyl sites for hydroxylation is 1. The third-order valence-corrected chi connectivity index (χ3v) is 5.90. The van der Waals surface area contributed by atoms with Gasteiger partial charge >= 0.3 is 5.69 Å². The van der Waals surface area contributed by atoms with Crippen molar-refractivity contribution in [2.24, 2.45) is 18.7 Å². The van der Waals surface area contributed by atoms with E-state index in [0.717, 1.165) is 37.0 Å². The fraction of sp³-hybridized carbons (Fsp3) is 0.583. The van der Waals surface area contributed by atoms with E-state index in [9.17, 15) is 14.9 Å². The first-order chi connectivity index (χ1) is 16.0. The van der Waals surface area contributed by atoms with Crippen LogP contribution in [0.5, 0.6) is 0 Å². The predicted molar refractivity (Wildman–Crippen MR) is 133 cm³/mol. The number of rotatable bonds is 5. The monoisotopic (exact) mass is 455 g/mol. The van der Waals surface area contributed by atoms with Gasteiger partial charge in [0.2, 0.25) is 5.95 Å². The zero-order valence-corrected chi connectivity index (χ0v) is 20.7. The molecule has 2 aromatic rings. The Bertz CT molecular complexity index is 1190. The number of hydrogen-bond donors (Lipinski definition) is 2. The minimum absolute atomic E-state index is 0.122. The lowest BCUT2D eigenvalue weighted by atomic mass is 9.82. The molecule has 33 heavy (non-hydrogen) atoms. The molecule has 9 nitrogen and oxygen atoms in total. The molecule has 3 heterocycles. The van der Waals surface area contributed by atoms with Gasteiger partial charge in [-0.1, -0.05) is 33.8 Å². The summed E-state index contributed by atoms with van der Waals surface area (Å²) in [6.07, 6.45) is 5.63. The molecule has 1 unspecified atom stereocenters. The standard InChI is InChI=1S/C20H25N7O2.2C2H6/c1-3-26-15-12(6-4-5-9-21)7-8-13(10-22)14(15)11-27-16-17(23-19(26)27)25(2)20(29)24-18(16)28;2*1-2/h8,14H,3-7,9,11,21H2,1-2H3,(H,24,28,29);2*1-2H3. The van der Waals surface area contributed by atoms with Crippen LogP contribution in [-0.2, 0) is 13.6 Å². The summed E-state index contributed by atoms with van der Waals surface area (Å²) < 4.78 is 3.20. The van der Waals surface area contributed by atoms with Crippen molar-refractivity contribution in [2.75, 3.05) is 18.0 Å². The van der Waals surface area contributed by atoms with E-state index in [4.69, 9.17) is 5.73 Å². The summed E-state index contributed by atoms with van der Waals surface area (Å²) in [5.41, 5.74) is 8.58. The minimum atomic E-state index is -0.488. The summed E-state index contributed by atoms with van der Waals surface area (Å²) in [4.78, 5) is 33.7. The number of allylic oxidation sites excluding steroid dienone is 3. The van der Waals surface area contributed by atoms with Gasteiger partial charge in [0, 0.05) is 31.4 Å². The zero-order chi connectivity index (χ0) is 24.7. The number of hydrogen-bond acceptors (Lipinski definition) is 6. The number of nitrogens with zero attached hydrogens (tertiary/aromatic N) is 5. The molecule has 0 aromatic carbocycles. The Morgan fingerprint density at radius 3 is 2.55 bits per heavy atom. The minimum Gasteiger partial charge on any atom is -0.330 e. The third kappa shape index (κ3) is 4.67. The lowest BCUT2D eigenvalue weighted by Crippen LogP contribution is -2.39. The Hall–Kier alpha value is -3.12. The quantitative estimate of drug-likeness (QED) is 0.667. The van der Waals surface area contributed by atoms with Gasteiger partial charge in [0.25, 0.3) is 5.56 Å². The van der Waals surface area contributed by atoms with Crippen LogP contribution >= 0.6 is 0 Å². The molecular formula is C24H37N7O2. The van der Waals surface area contributed by atoms with Crippen molar-refractivity contribution in [3.8, 4) is 6.07 Å². The maximum absolute atomic E-state index is 12.6. The third-order valence-electron chi connectivity index (χ3n) is 5.90. The van der Waals surface area contributed by atoms with Gasteiger partial charge in [0.05, 0.1) is 12.0 Å². The van der Waals surface area contributed by atoms with Crippen LogP contribution in [0, 0.1) is 17.2 Å². The number of H-pyrrole nitrogens is 1. The van der Waals surface area contributed by atoms with E-state index in [1.54, 1.807) is 7.05 Å². The number of imidazole rings is 1. The number of fused-ring (bicyclic) bond motifs is 4. The van der Waals surface area contributed by atoms with Crippen molar-refractivity contribution >= 4 is 17.1 Å². The van der Waals surface area contributed by atoms with Gasteiger partial charge < -0.3 is 15.2 Å². The topological polar surface area (TPSA) is 126 Å². The number of nitrogens with one attached hydrogen (secondary N) is 1. The van der Waals surface area contributed by atoms with Crippen LogP contribution in [-0.4, -0.2) is 32.2 Å². The Labute approximate surface area is 195 Å². The SMILES string of the molecule is CC.CC.CCN1C2=C(CCCCN)CC=C(C#N)C2Cn2c1nc1c2c(=O)[nH]c(=O)n1C. The smallest absolute Gasteiger partial charge is 0.329 e. The highest BCUT2D eigenvalue weighted by Gasteiger charge is 2.38. The van der Waals surface area contributed by atoms with Crippen molar-refractivity contribution in [3.05, 3.63) is 43.8 Å². The molecule has 0 bridgehead atoms. The first-order valence-electron chi connectivity index (χ1n) is 12.0. The molecule has 1 atom stereocenters. The highest BCUT2D eigenvalue weighted by atomic mass is 16.2. The number of aromatic nitrogens is 4. The first-order valence-corrected chi connectivity index (χ1v) is 12.0. The molecule has 0 saturated carbocycles. The maximum Gasteiger partial charge on any atom is 0.329 e. The lowest BCUT2D eigenvalue weighted by Gasteiger charge is -2.40. The second-order valence-corrected chi connectivity index (χ2v) is 7.52. The van der Waals surface area contributed by atoms with Crippen LogP contribution in [0.4, 0.5) is 5.95 Å². The maximum atomic E-state index is 12.6. The van der Waals surface area contributed by atoms with E-state index >= 15 is 0 Å².